The zero-order valence-electron chi connectivity index (χ0n) is 26.5. The van der Waals surface area contributed by atoms with Crippen molar-refractivity contribution in [1.29, 1.82) is 0 Å². The van der Waals surface area contributed by atoms with E-state index in [2.05, 4.69) is 15.9 Å². The molecule has 1 atom stereocenters. The fourth-order valence-corrected chi connectivity index (χ4v) is 7.97. The maximum Gasteiger partial charge on any atom is 0.416 e. The molecular formula is C36H38F3N3O3S2. The first-order valence-corrected chi connectivity index (χ1v) is 17.5. The quantitative estimate of drug-likeness (QED) is 0.116. The Labute approximate surface area is 282 Å². The Morgan fingerprint density at radius 3 is 2.34 bits per heavy atom. The smallest absolute Gasteiger partial charge is 0.416 e. The van der Waals surface area contributed by atoms with Gasteiger partial charge in [-0.1, -0.05) is 36.0 Å². The fourth-order valence-electron chi connectivity index (χ4n) is 5.98. The van der Waals surface area contributed by atoms with Crippen LogP contribution in [-0.2, 0) is 15.7 Å². The third-order valence-electron chi connectivity index (χ3n) is 8.59. The van der Waals surface area contributed by atoms with Crippen LogP contribution in [0.25, 0.3) is 10.8 Å². The number of nitrogens with zero attached hydrogens (tertiary/aromatic N) is 3. The Balaban J connectivity index is 0.938. The number of hydrogen-bond acceptors (Lipinski definition) is 8. The first kappa shape index (κ1) is 33.5. The Hall–Kier alpha value is -3.38. The number of anilines is 2. The van der Waals surface area contributed by atoms with Crippen LogP contribution in [0, 0.1) is 0 Å². The molecule has 6 nitrogen and oxygen atoms in total. The summed E-state index contributed by atoms with van der Waals surface area (Å²) in [5.74, 6) is 0.578. The van der Waals surface area contributed by atoms with Crippen molar-refractivity contribution in [3.05, 3.63) is 84.4 Å². The van der Waals surface area contributed by atoms with Crippen LogP contribution in [0.15, 0.2) is 93.5 Å². The average Bonchev–Trinajstić information content (AvgIpc) is 3.07. The van der Waals surface area contributed by atoms with Crippen LogP contribution in [0.3, 0.4) is 0 Å². The zero-order chi connectivity index (χ0) is 33.0. The third-order valence-corrected chi connectivity index (χ3v) is 10.8. The summed E-state index contributed by atoms with van der Waals surface area (Å²) >= 11 is 3.01. The summed E-state index contributed by atoms with van der Waals surface area (Å²) in [4.78, 5) is 22.4. The molecule has 4 aromatic carbocycles. The molecule has 2 aliphatic heterocycles. The second kappa shape index (κ2) is 14.8. The zero-order valence-corrected chi connectivity index (χ0v) is 28.1. The summed E-state index contributed by atoms with van der Waals surface area (Å²) in [7, 11) is 1.65. The van der Waals surface area contributed by atoms with Gasteiger partial charge in [0.25, 0.3) is 0 Å². The summed E-state index contributed by atoms with van der Waals surface area (Å²) in [5, 5.41) is 1.85. The van der Waals surface area contributed by atoms with Gasteiger partial charge < -0.3 is 19.3 Å². The normalized spacial score (nSPS) is 16.1. The predicted octanol–water partition coefficient (Wildman–Crippen LogP) is 8.20. The van der Waals surface area contributed by atoms with Crippen molar-refractivity contribution in [2.45, 2.75) is 39.5 Å². The minimum atomic E-state index is -4.38. The van der Waals surface area contributed by atoms with Crippen LogP contribution in [-0.4, -0.2) is 80.5 Å². The number of alkyl halides is 3. The Morgan fingerprint density at radius 2 is 1.57 bits per heavy atom. The number of carbonyl (C=O) groups is 1. The Morgan fingerprint density at radius 1 is 0.851 bits per heavy atom. The van der Waals surface area contributed by atoms with Gasteiger partial charge in [0.1, 0.15) is 17.6 Å². The SMILES string of the molecule is COc1ccc2ccc(SC(C)C(=O)OCCN3CCN(CCCN4c5ccccc5Sc5ccc(C(F)(F)F)cc54)CC3)cc2c1. The molecule has 248 valence electrons. The number of benzene rings is 4. The van der Waals surface area contributed by atoms with E-state index in [1.807, 2.05) is 66.4 Å². The lowest BCUT2D eigenvalue weighted by atomic mass is 10.1. The summed E-state index contributed by atoms with van der Waals surface area (Å²) in [6.07, 6.45) is -3.56. The number of para-hydroxylation sites is 1. The molecule has 1 fully saturated rings. The summed E-state index contributed by atoms with van der Waals surface area (Å²) in [6, 6.07) is 24.0. The van der Waals surface area contributed by atoms with Crippen LogP contribution < -0.4 is 9.64 Å². The monoisotopic (exact) mass is 681 g/mol. The molecule has 2 heterocycles. The molecule has 4 aromatic rings. The van der Waals surface area contributed by atoms with Gasteiger partial charge in [-0.2, -0.15) is 13.2 Å². The van der Waals surface area contributed by atoms with Crippen LogP contribution in [0.4, 0.5) is 24.5 Å². The molecule has 0 amide bonds. The van der Waals surface area contributed by atoms with E-state index in [9.17, 15) is 18.0 Å². The number of methoxy groups -OCH3 is 1. The first-order chi connectivity index (χ1) is 22.7. The number of ether oxygens (including phenoxy) is 2. The van der Waals surface area contributed by atoms with Crippen LogP contribution in [0.5, 0.6) is 5.75 Å². The molecule has 11 heteroatoms. The van der Waals surface area contributed by atoms with E-state index in [0.717, 1.165) is 76.0 Å². The van der Waals surface area contributed by atoms with Crippen molar-refractivity contribution in [3.8, 4) is 5.75 Å². The lowest BCUT2D eigenvalue weighted by molar-refractivity contribution is -0.143. The van der Waals surface area contributed by atoms with E-state index < -0.39 is 11.7 Å². The Bertz CT molecular complexity index is 1710. The van der Waals surface area contributed by atoms with Crippen molar-refractivity contribution < 1.29 is 27.4 Å². The maximum absolute atomic E-state index is 13.5. The molecule has 47 heavy (non-hydrogen) atoms. The lowest BCUT2D eigenvalue weighted by Gasteiger charge is -2.36. The third kappa shape index (κ3) is 8.20. The van der Waals surface area contributed by atoms with Gasteiger partial charge in [0.15, 0.2) is 0 Å². The highest BCUT2D eigenvalue weighted by Gasteiger charge is 2.33. The highest BCUT2D eigenvalue weighted by atomic mass is 32.2. The summed E-state index contributed by atoms with van der Waals surface area (Å²) in [5.41, 5.74) is 0.949. The van der Waals surface area contributed by atoms with Crippen LogP contribution >= 0.6 is 23.5 Å². The minimum absolute atomic E-state index is 0.221. The van der Waals surface area contributed by atoms with Crippen molar-refractivity contribution in [3.63, 3.8) is 0 Å². The van der Waals surface area contributed by atoms with Crippen molar-refractivity contribution in [2.24, 2.45) is 0 Å². The van der Waals surface area contributed by atoms with Gasteiger partial charge >= 0.3 is 12.1 Å². The number of piperazine rings is 1. The molecule has 0 aromatic heterocycles. The largest absolute Gasteiger partial charge is 0.497 e. The van der Waals surface area contributed by atoms with Crippen LogP contribution in [0.1, 0.15) is 18.9 Å². The van der Waals surface area contributed by atoms with Crippen LogP contribution in [0.2, 0.25) is 0 Å². The molecule has 0 saturated carbocycles. The molecule has 0 radical (unpaired) electrons. The van der Waals surface area contributed by atoms with Crippen molar-refractivity contribution in [2.75, 3.05) is 64.4 Å². The van der Waals surface area contributed by atoms with E-state index in [4.69, 9.17) is 9.47 Å². The van der Waals surface area contributed by atoms with E-state index >= 15 is 0 Å². The van der Waals surface area contributed by atoms with E-state index in [1.54, 1.807) is 13.2 Å². The van der Waals surface area contributed by atoms with E-state index in [1.165, 1.54) is 35.7 Å². The topological polar surface area (TPSA) is 45.3 Å². The lowest BCUT2D eigenvalue weighted by Crippen LogP contribution is -2.47. The highest BCUT2D eigenvalue weighted by Crippen LogP contribution is 2.49. The van der Waals surface area contributed by atoms with Gasteiger partial charge in [-0.25, -0.2) is 0 Å². The highest BCUT2D eigenvalue weighted by molar-refractivity contribution is 8.00. The van der Waals surface area contributed by atoms with E-state index in [0.29, 0.717) is 25.4 Å². The number of esters is 1. The molecule has 6 rings (SSSR count). The van der Waals surface area contributed by atoms with Gasteiger partial charge in [0, 0.05) is 54.0 Å². The molecule has 1 unspecified atom stereocenters. The van der Waals surface area contributed by atoms with Gasteiger partial charge in [0.2, 0.25) is 0 Å². The molecule has 0 bridgehead atoms. The average molecular weight is 682 g/mol. The molecule has 1 saturated heterocycles. The predicted molar refractivity (Wildman–Crippen MR) is 183 cm³/mol. The number of hydrogen-bond donors (Lipinski definition) is 0. The second-order valence-electron chi connectivity index (χ2n) is 11.7. The molecule has 0 N–H and O–H groups in total. The Kier molecular flexibility index (Phi) is 10.6. The van der Waals surface area contributed by atoms with E-state index in [-0.39, 0.29) is 11.2 Å². The molecule has 2 aliphatic rings. The number of thioether (sulfide) groups is 1. The summed E-state index contributed by atoms with van der Waals surface area (Å²) in [6.45, 7) is 7.95. The van der Waals surface area contributed by atoms with Gasteiger partial charge in [0.05, 0.1) is 24.0 Å². The molecule has 0 aliphatic carbocycles. The van der Waals surface area contributed by atoms with Crippen molar-refractivity contribution in [1.82, 2.24) is 9.80 Å². The number of halogens is 3. The van der Waals surface area contributed by atoms with Crippen molar-refractivity contribution >= 4 is 51.6 Å². The van der Waals surface area contributed by atoms with Gasteiger partial charge in [-0.15, -0.1) is 11.8 Å². The first-order valence-electron chi connectivity index (χ1n) is 15.8. The molecule has 0 spiro atoms. The number of carbonyl (C=O) groups excluding carboxylic acids is 1. The van der Waals surface area contributed by atoms with Gasteiger partial charge in [-0.05, 0) is 85.3 Å². The number of rotatable bonds is 11. The molecular weight excluding hydrogens is 644 g/mol. The number of fused-ring (bicyclic) bond motifs is 3. The maximum atomic E-state index is 13.5. The fraction of sp³-hybridized carbons (Fsp3) is 0.361. The standard InChI is InChI=1S/C36H38F3N3O3S2/c1-25(46-30-12-9-26-8-11-29(44-2)22-27(26)23-30)35(43)45-21-20-41-18-16-40(17-19-41)14-5-15-42-31-6-3-4-7-33(31)47-34-13-10-28(24-32(34)42)36(37,38)39/h3-4,6-13,22-25H,5,14-21H2,1-2H3. The summed E-state index contributed by atoms with van der Waals surface area (Å²) < 4.78 is 51.6. The second-order valence-corrected chi connectivity index (χ2v) is 14.2. The van der Waals surface area contributed by atoms with Gasteiger partial charge in [-0.3, -0.25) is 9.69 Å². The minimum Gasteiger partial charge on any atom is -0.497 e.